The number of rotatable bonds is 6. The highest BCUT2D eigenvalue weighted by molar-refractivity contribution is 5.89. The maximum Gasteiger partial charge on any atom is 0.224 e. The fourth-order valence-corrected chi connectivity index (χ4v) is 2.70. The molecule has 1 aliphatic heterocycles. The van der Waals surface area contributed by atoms with Crippen LogP contribution in [0.4, 0.5) is 0 Å². The van der Waals surface area contributed by atoms with E-state index in [9.17, 15) is 9.59 Å². The maximum atomic E-state index is 12.2. The zero-order valence-corrected chi connectivity index (χ0v) is 12.7. The van der Waals surface area contributed by atoms with Crippen molar-refractivity contribution in [3.63, 3.8) is 0 Å². The molecule has 0 aromatic carbocycles. The van der Waals surface area contributed by atoms with Crippen molar-refractivity contribution in [1.29, 1.82) is 0 Å². The van der Waals surface area contributed by atoms with E-state index in [4.69, 9.17) is 10.5 Å². The van der Waals surface area contributed by atoms with Gasteiger partial charge in [0.25, 0.3) is 0 Å². The standard InChI is InChI=1S/C14H22N4O3/c1-9(2)18-8-10(7-16-18)13-11(14(15)20)6-12(19)17(13)4-5-21-3/h7-9,11,13H,4-6H2,1-3H3,(H2,15,20)/t11-,13-/m0/s1. The van der Waals surface area contributed by atoms with Crippen LogP contribution in [0.5, 0.6) is 0 Å². The van der Waals surface area contributed by atoms with Gasteiger partial charge in [-0.1, -0.05) is 0 Å². The van der Waals surface area contributed by atoms with Gasteiger partial charge in [0.15, 0.2) is 0 Å². The van der Waals surface area contributed by atoms with E-state index >= 15 is 0 Å². The van der Waals surface area contributed by atoms with E-state index in [2.05, 4.69) is 5.10 Å². The Labute approximate surface area is 124 Å². The average Bonchev–Trinajstić information content (AvgIpc) is 3.01. The Morgan fingerprint density at radius 2 is 2.29 bits per heavy atom. The fraction of sp³-hybridized carbons (Fsp3) is 0.643. The number of primary amides is 1. The second kappa shape index (κ2) is 6.26. The Morgan fingerprint density at radius 1 is 1.57 bits per heavy atom. The van der Waals surface area contributed by atoms with Gasteiger partial charge in [0.2, 0.25) is 11.8 Å². The van der Waals surface area contributed by atoms with E-state index in [1.54, 1.807) is 18.2 Å². The molecule has 0 radical (unpaired) electrons. The monoisotopic (exact) mass is 294 g/mol. The van der Waals surface area contributed by atoms with Crippen molar-refractivity contribution in [2.24, 2.45) is 11.7 Å². The molecule has 1 fully saturated rings. The summed E-state index contributed by atoms with van der Waals surface area (Å²) in [5.74, 6) is -1.04. The lowest BCUT2D eigenvalue weighted by atomic mass is 9.95. The van der Waals surface area contributed by atoms with Crippen LogP contribution in [-0.2, 0) is 14.3 Å². The van der Waals surface area contributed by atoms with Crippen LogP contribution in [0.25, 0.3) is 0 Å². The Hall–Kier alpha value is -1.89. The van der Waals surface area contributed by atoms with Crippen molar-refractivity contribution in [3.05, 3.63) is 18.0 Å². The van der Waals surface area contributed by atoms with E-state index in [0.717, 1.165) is 5.56 Å². The number of methoxy groups -OCH3 is 1. The first-order chi connectivity index (χ1) is 9.95. The van der Waals surface area contributed by atoms with E-state index in [1.165, 1.54) is 0 Å². The molecule has 0 spiro atoms. The quantitative estimate of drug-likeness (QED) is 0.826. The summed E-state index contributed by atoms with van der Waals surface area (Å²) in [5, 5.41) is 4.29. The number of amides is 2. The molecule has 1 saturated heterocycles. The molecule has 2 atom stereocenters. The minimum Gasteiger partial charge on any atom is -0.383 e. The van der Waals surface area contributed by atoms with Crippen molar-refractivity contribution in [2.45, 2.75) is 32.4 Å². The lowest BCUT2D eigenvalue weighted by Crippen LogP contribution is -2.34. The van der Waals surface area contributed by atoms with Gasteiger partial charge in [0.05, 0.1) is 24.8 Å². The molecule has 0 unspecified atom stereocenters. The molecule has 0 aliphatic carbocycles. The lowest BCUT2D eigenvalue weighted by molar-refractivity contribution is -0.129. The maximum absolute atomic E-state index is 12.2. The van der Waals surface area contributed by atoms with Crippen LogP contribution in [0.15, 0.2) is 12.4 Å². The predicted molar refractivity (Wildman–Crippen MR) is 76.2 cm³/mol. The normalized spacial score (nSPS) is 22.3. The Kier molecular flexibility index (Phi) is 4.62. The van der Waals surface area contributed by atoms with Gasteiger partial charge in [0.1, 0.15) is 0 Å². The first-order valence-corrected chi connectivity index (χ1v) is 7.07. The van der Waals surface area contributed by atoms with E-state index < -0.39 is 11.8 Å². The highest BCUT2D eigenvalue weighted by atomic mass is 16.5. The van der Waals surface area contributed by atoms with Crippen LogP contribution in [0.2, 0.25) is 0 Å². The topological polar surface area (TPSA) is 90.4 Å². The second-order valence-electron chi connectivity index (χ2n) is 5.59. The first-order valence-electron chi connectivity index (χ1n) is 7.07. The molecule has 1 aromatic heterocycles. The molecule has 2 heterocycles. The summed E-state index contributed by atoms with van der Waals surface area (Å²) in [6.07, 6.45) is 3.74. The smallest absolute Gasteiger partial charge is 0.224 e. The molecule has 0 saturated carbocycles. The third-order valence-corrected chi connectivity index (χ3v) is 3.83. The highest BCUT2D eigenvalue weighted by Gasteiger charge is 2.43. The van der Waals surface area contributed by atoms with Crippen LogP contribution in [0.3, 0.4) is 0 Å². The Balaban J connectivity index is 2.31. The molecule has 21 heavy (non-hydrogen) atoms. The Bertz CT molecular complexity index is 526. The second-order valence-corrected chi connectivity index (χ2v) is 5.59. The van der Waals surface area contributed by atoms with Gasteiger partial charge in [-0.3, -0.25) is 14.3 Å². The van der Waals surface area contributed by atoms with Gasteiger partial charge in [-0.15, -0.1) is 0 Å². The van der Waals surface area contributed by atoms with Crippen LogP contribution in [0, 0.1) is 5.92 Å². The minimum absolute atomic E-state index is 0.0712. The van der Waals surface area contributed by atoms with Crippen molar-refractivity contribution in [1.82, 2.24) is 14.7 Å². The van der Waals surface area contributed by atoms with Gasteiger partial charge in [-0.25, -0.2) is 0 Å². The summed E-state index contributed by atoms with van der Waals surface area (Å²) in [7, 11) is 1.58. The van der Waals surface area contributed by atoms with Gasteiger partial charge in [-0.2, -0.15) is 5.10 Å². The number of ether oxygens (including phenoxy) is 1. The highest BCUT2D eigenvalue weighted by Crippen LogP contribution is 2.37. The number of hydrogen-bond donors (Lipinski definition) is 1. The molecule has 0 bridgehead atoms. The van der Waals surface area contributed by atoms with Gasteiger partial charge >= 0.3 is 0 Å². The molecule has 7 nitrogen and oxygen atoms in total. The van der Waals surface area contributed by atoms with Crippen molar-refractivity contribution < 1.29 is 14.3 Å². The van der Waals surface area contributed by atoms with E-state index in [0.29, 0.717) is 13.2 Å². The molecule has 7 heteroatoms. The molecule has 2 amide bonds. The molecule has 1 aromatic rings. The number of nitrogens with two attached hydrogens (primary N) is 1. The number of hydrogen-bond acceptors (Lipinski definition) is 4. The van der Waals surface area contributed by atoms with Crippen LogP contribution in [-0.4, -0.2) is 46.8 Å². The van der Waals surface area contributed by atoms with Gasteiger partial charge < -0.3 is 15.4 Å². The lowest BCUT2D eigenvalue weighted by Gasteiger charge is -2.26. The van der Waals surface area contributed by atoms with Crippen molar-refractivity contribution in [2.75, 3.05) is 20.3 Å². The number of nitrogens with zero attached hydrogens (tertiary/aromatic N) is 3. The predicted octanol–water partition coefficient (Wildman–Crippen LogP) is 0.485. The van der Waals surface area contributed by atoms with E-state index in [1.807, 2.05) is 24.7 Å². The van der Waals surface area contributed by atoms with Crippen molar-refractivity contribution >= 4 is 11.8 Å². The summed E-state index contributed by atoms with van der Waals surface area (Å²) in [5.41, 5.74) is 6.31. The number of carbonyl (C=O) groups excluding carboxylic acids is 2. The first kappa shape index (κ1) is 15.5. The summed E-state index contributed by atoms with van der Waals surface area (Å²) in [4.78, 5) is 25.5. The molecule has 116 valence electrons. The molecule has 2 N–H and O–H groups in total. The number of aromatic nitrogens is 2. The van der Waals surface area contributed by atoms with Crippen molar-refractivity contribution in [3.8, 4) is 0 Å². The summed E-state index contributed by atoms with van der Waals surface area (Å²) in [6, 6.07) is -0.132. The third kappa shape index (κ3) is 3.07. The molecule has 1 aliphatic rings. The molecular weight excluding hydrogens is 272 g/mol. The largest absolute Gasteiger partial charge is 0.383 e. The van der Waals surface area contributed by atoms with Gasteiger partial charge in [-0.05, 0) is 13.8 Å². The van der Waals surface area contributed by atoms with Crippen LogP contribution < -0.4 is 5.73 Å². The van der Waals surface area contributed by atoms with Crippen LogP contribution in [0.1, 0.15) is 37.9 Å². The average molecular weight is 294 g/mol. The minimum atomic E-state index is -0.515. The summed E-state index contributed by atoms with van der Waals surface area (Å²) in [6.45, 7) is 4.90. The SMILES string of the molecule is COCCN1C(=O)C[C@H](C(N)=O)[C@@H]1c1cnn(C(C)C)c1. The van der Waals surface area contributed by atoms with Crippen LogP contribution >= 0.6 is 0 Å². The third-order valence-electron chi connectivity index (χ3n) is 3.83. The molecular formula is C14H22N4O3. The van der Waals surface area contributed by atoms with E-state index in [-0.39, 0.29) is 24.4 Å². The molecule has 2 rings (SSSR count). The zero-order valence-electron chi connectivity index (χ0n) is 12.7. The summed E-state index contributed by atoms with van der Waals surface area (Å²) >= 11 is 0. The number of carbonyl (C=O) groups is 2. The Morgan fingerprint density at radius 3 is 2.81 bits per heavy atom. The zero-order chi connectivity index (χ0) is 15.6. The van der Waals surface area contributed by atoms with Gasteiger partial charge in [0, 0.05) is 37.9 Å². The number of likely N-dealkylation sites (tertiary alicyclic amines) is 1. The fourth-order valence-electron chi connectivity index (χ4n) is 2.70. The summed E-state index contributed by atoms with van der Waals surface area (Å²) < 4.78 is 6.85.